The molecule has 0 fully saturated rings. The fourth-order valence-corrected chi connectivity index (χ4v) is 2.23. The summed E-state index contributed by atoms with van der Waals surface area (Å²) < 4.78 is 0. The van der Waals surface area contributed by atoms with E-state index in [4.69, 9.17) is 11.8 Å². The second kappa shape index (κ2) is 4.77. The molecule has 0 bridgehead atoms. The van der Waals surface area contributed by atoms with Crippen molar-refractivity contribution in [2.24, 2.45) is 0 Å². The van der Waals surface area contributed by atoms with E-state index in [0.29, 0.717) is 6.41 Å². The highest BCUT2D eigenvalue weighted by Gasteiger charge is 2.16. The van der Waals surface area contributed by atoms with Crippen LogP contribution >= 0.6 is 17.3 Å². The van der Waals surface area contributed by atoms with Crippen molar-refractivity contribution in [1.29, 1.82) is 0 Å². The maximum Gasteiger partial charge on any atom is 0.334 e. The van der Waals surface area contributed by atoms with Crippen molar-refractivity contribution in [3.05, 3.63) is 0 Å². The van der Waals surface area contributed by atoms with E-state index in [9.17, 15) is 9.59 Å². The Balaban J connectivity index is 3.84. The van der Waals surface area contributed by atoms with Gasteiger partial charge >= 0.3 is 5.24 Å². The molecule has 1 atom stereocenters. The van der Waals surface area contributed by atoms with Gasteiger partial charge in [-0.2, -0.15) is 0 Å². The Morgan fingerprint density at radius 1 is 1.80 bits per heavy atom. The Hall–Kier alpha value is 0.01000. The number of carbonyl (C=O) groups excluding carboxylic acids is 2. The summed E-state index contributed by atoms with van der Waals surface area (Å²) in [6.07, 6.45) is 0.476. The van der Waals surface area contributed by atoms with Crippen LogP contribution in [0.5, 0.6) is 0 Å². The van der Waals surface area contributed by atoms with Gasteiger partial charge in [-0.25, -0.2) is 0 Å². The predicted octanol–water partition coefficient (Wildman–Crippen LogP) is 1.42. The maximum absolute atomic E-state index is 10.8. The Morgan fingerprint density at radius 3 is 2.60 bits per heavy atom. The van der Waals surface area contributed by atoms with E-state index in [1.807, 2.05) is 0 Å². The van der Waals surface area contributed by atoms with Gasteiger partial charge in [0.1, 0.15) is 6.66 Å². The number of nitrogens with zero attached hydrogens (tertiary/aromatic N) is 1. The minimum Gasteiger partial charge on any atom is -0.278 e. The number of imide groups is 1. The van der Waals surface area contributed by atoms with E-state index >= 15 is 0 Å². The van der Waals surface area contributed by atoms with E-state index in [-0.39, 0.29) is 5.24 Å². The van der Waals surface area contributed by atoms with E-state index in [2.05, 4.69) is 0 Å². The third-order valence-electron chi connectivity index (χ3n) is 0.653. The summed E-state index contributed by atoms with van der Waals surface area (Å²) in [7, 11) is 1.41. The van der Waals surface area contributed by atoms with Gasteiger partial charge in [0.2, 0.25) is 6.41 Å². The molecule has 0 N–H and O–H groups in total. The summed E-state index contributed by atoms with van der Waals surface area (Å²) in [6.45, 7) is 1.78. The summed E-state index contributed by atoms with van der Waals surface area (Å²) in [5.74, 6) is -0.728. The van der Waals surface area contributed by atoms with Crippen LogP contribution in [0.25, 0.3) is 0 Å². The number of hydrogen-bond acceptors (Lipinski definition) is 4. The lowest BCUT2D eigenvalue weighted by Gasteiger charge is -2.00. The molecular weight excluding hydrogens is 189 g/mol. The summed E-state index contributed by atoms with van der Waals surface area (Å²) in [6, 6.07) is 0. The third kappa shape index (κ3) is 3.93. The first kappa shape index (κ1) is 10.0. The third-order valence-corrected chi connectivity index (χ3v) is 3.26. The highest BCUT2D eigenvalue weighted by Crippen LogP contribution is 2.35. The van der Waals surface area contributed by atoms with Gasteiger partial charge < -0.3 is 0 Å². The summed E-state index contributed by atoms with van der Waals surface area (Å²) in [4.78, 5) is 21.8. The molecule has 0 saturated heterocycles. The maximum atomic E-state index is 10.8. The zero-order valence-electron chi connectivity index (χ0n) is 5.60. The van der Waals surface area contributed by atoms with Crippen LogP contribution in [0.15, 0.2) is 0 Å². The monoisotopic (exact) mass is 196 g/mol. The van der Waals surface area contributed by atoms with Crippen molar-refractivity contribution < 1.29 is 9.59 Å². The molecule has 0 aliphatic heterocycles. The molecule has 0 aliphatic rings. The largest absolute Gasteiger partial charge is 0.334 e. The van der Waals surface area contributed by atoms with E-state index in [0.717, 1.165) is 16.3 Å². The highest BCUT2D eigenvalue weighted by molar-refractivity contribution is 8.69. The number of hydrogen-bond donors (Lipinski definition) is 0. The predicted molar refractivity (Wildman–Crippen MR) is 47.0 cm³/mol. The van der Waals surface area contributed by atoms with Gasteiger partial charge in [-0.3, -0.25) is 14.5 Å². The summed E-state index contributed by atoms with van der Waals surface area (Å²) >= 11 is 5.81. The first-order valence-electron chi connectivity index (χ1n) is 2.39. The van der Waals surface area contributed by atoms with Crippen molar-refractivity contribution in [3.8, 4) is 0 Å². The molecule has 0 aliphatic carbocycles. The quantitative estimate of drug-likeness (QED) is 0.494. The molecule has 0 rings (SSSR count). The van der Waals surface area contributed by atoms with Crippen molar-refractivity contribution >= 4 is 40.7 Å². The molecule has 0 aromatic rings. The van der Waals surface area contributed by atoms with Crippen LogP contribution in [0, 0.1) is 0 Å². The Labute approximate surface area is 69.3 Å². The molecule has 0 radical (unpaired) electrons. The Kier molecular flexibility index (Phi) is 4.77. The molecule has 2 amide bonds. The minimum atomic E-state index is -0.728. The van der Waals surface area contributed by atoms with Crippen LogP contribution < -0.4 is 0 Å². The van der Waals surface area contributed by atoms with Crippen LogP contribution in [0.3, 0.4) is 0 Å². The fourth-order valence-electron chi connectivity index (χ4n) is 0.217. The topological polar surface area (TPSA) is 37.4 Å². The van der Waals surface area contributed by atoms with Crippen LogP contribution in [0.4, 0.5) is 4.79 Å². The molecule has 0 heterocycles. The van der Waals surface area contributed by atoms with Crippen LogP contribution in [0.2, 0.25) is 0 Å². The highest BCUT2D eigenvalue weighted by atomic mass is 32.9. The van der Waals surface area contributed by atoms with Gasteiger partial charge in [0.25, 0.3) is 5.90 Å². The molecule has 6 heteroatoms. The Bertz CT molecular complexity index is 173. The zero-order valence-corrected chi connectivity index (χ0v) is 8.13. The second-order valence-electron chi connectivity index (χ2n) is 1.51. The van der Waals surface area contributed by atoms with Gasteiger partial charge in [-0.15, -0.1) is 0 Å². The minimum absolute atomic E-state index is 0.279. The molecule has 3 nitrogen and oxygen atoms in total. The average molecular weight is 196 g/mol. The lowest BCUT2D eigenvalue weighted by Crippen LogP contribution is -2.19. The number of carbonyl (C=O) groups is 2. The van der Waals surface area contributed by atoms with E-state index in [1.165, 1.54) is 7.05 Å². The summed E-state index contributed by atoms with van der Waals surface area (Å²) in [5, 5.41) is -0.279. The van der Waals surface area contributed by atoms with Gasteiger partial charge in [0.15, 0.2) is 23.2 Å². The van der Waals surface area contributed by atoms with Crippen LogP contribution in [-0.2, 0) is 16.6 Å². The first-order valence-corrected chi connectivity index (χ1v) is 6.61. The van der Waals surface area contributed by atoms with Gasteiger partial charge in [0, 0.05) is 7.05 Å². The smallest absolute Gasteiger partial charge is 0.278 e. The van der Waals surface area contributed by atoms with Gasteiger partial charge in [-0.1, -0.05) is 0 Å². The van der Waals surface area contributed by atoms with Gasteiger partial charge in [0.05, 0.1) is 0 Å². The zero-order chi connectivity index (χ0) is 8.15. The number of rotatable bonds is 2. The molecule has 10 heavy (non-hydrogen) atoms. The van der Waals surface area contributed by atoms with Crippen molar-refractivity contribution in [3.63, 3.8) is 0 Å². The van der Waals surface area contributed by atoms with E-state index < -0.39 is 5.90 Å². The second-order valence-corrected chi connectivity index (χ2v) is 7.45. The van der Waals surface area contributed by atoms with Crippen molar-refractivity contribution in [2.45, 2.75) is 0 Å². The van der Waals surface area contributed by atoms with Crippen LogP contribution in [0.1, 0.15) is 0 Å². The Morgan fingerprint density at radius 2 is 2.30 bits per heavy atom. The van der Waals surface area contributed by atoms with Crippen molar-refractivity contribution in [2.75, 3.05) is 13.7 Å². The standard InChI is InChI=1S/C4H7NO2PS2/c1-5(3-6)4(7)10-8(2)9/h3H,1-2H3/q+1. The molecule has 0 aromatic carbocycles. The lowest BCUT2D eigenvalue weighted by molar-refractivity contribution is -0.114. The molecule has 1 unspecified atom stereocenters. The molecule has 0 aromatic heterocycles. The first-order chi connectivity index (χ1) is 4.57. The average Bonchev–Trinajstić information content (AvgIpc) is 1.85. The normalized spacial score (nSPS) is 10.4. The van der Waals surface area contributed by atoms with Crippen LogP contribution in [-0.4, -0.2) is 30.3 Å². The van der Waals surface area contributed by atoms with Gasteiger partial charge in [-0.05, 0) is 0 Å². The van der Waals surface area contributed by atoms with Crippen molar-refractivity contribution in [1.82, 2.24) is 4.90 Å². The number of amides is 2. The molecule has 0 saturated carbocycles. The summed E-state index contributed by atoms with van der Waals surface area (Å²) in [5.41, 5.74) is 0. The SMILES string of the molecule is CN(C=O)C(=O)S[P+](C)=S. The fraction of sp³-hybridized carbons (Fsp3) is 0.500. The lowest BCUT2D eigenvalue weighted by atomic mass is 10.9. The molecule has 0 spiro atoms. The molecular formula is C4H7NO2PS2+. The van der Waals surface area contributed by atoms with E-state index in [1.54, 1.807) is 6.66 Å². The molecule has 56 valence electrons.